The van der Waals surface area contributed by atoms with Gasteiger partial charge in [-0.15, -0.1) is 0 Å². The fourth-order valence-electron chi connectivity index (χ4n) is 8.57. The Kier molecular flexibility index (Phi) is 8.18. The van der Waals surface area contributed by atoms with E-state index in [1.807, 2.05) is 60.7 Å². The molecule has 7 aromatic carbocycles. The molecule has 55 heavy (non-hydrogen) atoms. The second kappa shape index (κ2) is 13.8. The van der Waals surface area contributed by atoms with Crippen molar-refractivity contribution in [3.05, 3.63) is 228 Å². The fourth-order valence-corrected chi connectivity index (χ4v) is 8.57. The number of hydrogen-bond acceptors (Lipinski definition) is 3. The third-order valence-electron chi connectivity index (χ3n) is 11.1. The number of benzene rings is 7. The number of aromatic nitrogens is 3. The van der Waals surface area contributed by atoms with E-state index in [4.69, 9.17) is 15.0 Å². The van der Waals surface area contributed by atoms with Crippen LogP contribution in [0.2, 0.25) is 0 Å². The highest BCUT2D eigenvalue weighted by Crippen LogP contribution is 2.57. The van der Waals surface area contributed by atoms with Crippen LogP contribution in [0.3, 0.4) is 0 Å². The minimum atomic E-state index is -0.317. The van der Waals surface area contributed by atoms with Crippen LogP contribution in [0, 0.1) is 0 Å². The topological polar surface area (TPSA) is 38.7 Å². The summed E-state index contributed by atoms with van der Waals surface area (Å²) in [4.78, 5) is 14.7. The molecule has 0 aliphatic heterocycles. The lowest BCUT2D eigenvalue weighted by Crippen LogP contribution is -2.30. The van der Waals surface area contributed by atoms with E-state index in [9.17, 15) is 0 Å². The highest BCUT2D eigenvalue weighted by Gasteiger charge is 2.47. The molecule has 0 spiro atoms. The molecule has 260 valence electrons. The van der Waals surface area contributed by atoms with E-state index < -0.39 is 0 Å². The summed E-state index contributed by atoms with van der Waals surface area (Å²) in [6.07, 6.45) is 6.80. The lowest BCUT2D eigenvalue weighted by molar-refractivity contribution is 0.696. The van der Waals surface area contributed by atoms with E-state index in [0.29, 0.717) is 17.5 Å². The van der Waals surface area contributed by atoms with Gasteiger partial charge in [0, 0.05) is 16.7 Å². The normalized spacial score (nSPS) is 14.0. The highest BCUT2D eigenvalue weighted by molar-refractivity contribution is 5.92. The molecule has 8 aromatic rings. The summed E-state index contributed by atoms with van der Waals surface area (Å²) in [5, 5.41) is 0. The van der Waals surface area contributed by atoms with Crippen LogP contribution >= 0.6 is 0 Å². The molecule has 0 saturated carbocycles. The molecule has 0 N–H and O–H groups in total. The van der Waals surface area contributed by atoms with Crippen molar-refractivity contribution in [2.24, 2.45) is 0 Å². The van der Waals surface area contributed by atoms with Crippen molar-refractivity contribution in [1.82, 2.24) is 15.0 Å². The molecule has 0 unspecified atom stereocenters. The van der Waals surface area contributed by atoms with Gasteiger partial charge < -0.3 is 0 Å². The van der Waals surface area contributed by atoms with Gasteiger partial charge in [-0.3, -0.25) is 0 Å². The first-order valence-electron chi connectivity index (χ1n) is 19.0. The Morgan fingerprint density at radius 1 is 0.382 bits per heavy atom. The van der Waals surface area contributed by atoms with Gasteiger partial charge in [0.25, 0.3) is 0 Å². The first-order chi connectivity index (χ1) is 27.3. The van der Waals surface area contributed by atoms with Crippen molar-refractivity contribution in [3.63, 3.8) is 0 Å². The highest BCUT2D eigenvalue weighted by atomic mass is 15.0. The van der Waals surface area contributed by atoms with Crippen LogP contribution in [-0.4, -0.2) is 15.0 Å². The summed E-state index contributed by atoms with van der Waals surface area (Å²) >= 11 is 0. The zero-order valence-corrected chi connectivity index (χ0v) is 30.3. The van der Waals surface area contributed by atoms with E-state index in [1.165, 1.54) is 44.5 Å². The number of hydrogen-bond donors (Lipinski definition) is 0. The quantitative estimate of drug-likeness (QED) is 0.166. The van der Waals surface area contributed by atoms with Crippen LogP contribution < -0.4 is 0 Å². The SMILES string of the molecule is C1=CC2=C(CC1)C(c1ccccc1)(c1ccccc1)c1ccc(-c3cccc(-c4ccc(-c5nc(-c6ccccc6)nc(-c6ccccc6)n5)cc4)c3)cc12. The molecule has 0 saturated heterocycles. The third kappa shape index (κ3) is 5.73. The minimum absolute atomic E-state index is 0.317. The van der Waals surface area contributed by atoms with E-state index in [0.717, 1.165) is 40.7 Å². The largest absolute Gasteiger partial charge is 0.208 e. The summed E-state index contributed by atoms with van der Waals surface area (Å²) in [6, 6.07) is 67.0. The second-order valence-corrected chi connectivity index (χ2v) is 14.3. The van der Waals surface area contributed by atoms with Gasteiger partial charge in [-0.1, -0.05) is 188 Å². The van der Waals surface area contributed by atoms with Gasteiger partial charge in [-0.05, 0) is 80.6 Å². The maximum atomic E-state index is 4.93. The van der Waals surface area contributed by atoms with Gasteiger partial charge >= 0.3 is 0 Å². The van der Waals surface area contributed by atoms with E-state index in [2.05, 4.69) is 140 Å². The summed E-state index contributed by atoms with van der Waals surface area (Å²) in [7, 11) is 0. The van der Waals surface area contributed by atoms with Crippen molar-refractivity contribution in [2.45, 2.75) is 18.3 Å². The van der Waals surface area contributed by atoms with E-state index in [1.54, 1.807) is 0 Å². The predicted octanol–water partition coefficient (Wildman–Crippen LogP) is 12.7. The average molecular weight is 704 g/mol. The Morgan fingerprint density at radius 2 is 0.818 bits per heavy atom. The molecule has 3 nitrogen and oxygen atoms in total. The standard InChI is InChI=1S/C52H37N3/c1-5-16-37(17-6-1)49-53-50(38-18-7-2-8-19-38)55-51(54-49)39-30-28-36(29-31-39)40-20-15-21-41(34-40)42-32-33-48-46(35-42)45-26-13-14-27-47(45)52(48,43-22-9-3-10-23-43)44-24-11-4-12-25-44/h1-13,15-26,28-35H,14,27H2. The van der Waals surface area contributed by atoms with Gasteiger partial charge in [0.05, 0.1) is 5.41 Å². The van der Waals surface area contributed by atoms with Crippen LogP contribution in [-0.2, 0) is 5.41 Å². The molecule has 1 heterocycles. The third-order valence-corrected chi connectivity index (χ3v) is 11.1. The molecule has 0 atom stereocenters. The van der Waals surface area contributed by atoms with Gasteiger partial charge in [0.15, 0.2) is 17.5 Å². The van der Waals surface area contributed by atoms with Crippen molar-refractivity contribution < 1.29 is 0 Å². The lowest BCUT2D eigenvalue weighted by atomic mass is 9.65. The predicted molar refractivity (Wildman–Crippen MR) is 225 cm³/mol. The molecule has 0 fully saturated rings. The summed E-state index contributed by atoms with van der Waals surface area (Å²) < 4.78 is 0. The summed E-state index contributed by atoms with van der Waals surface area (Å²) in [6.45, 7) is 0. The first-order valence-corrected chi connectivity index (χ1v) is 19.0. The minimum Gasteiger partial charge on any atom is -0.208 e. The summed E-state index contributed by atoms with van der Waals surface area (Å²) in [5.41, 5.74) is 15.5. The molecule has 3 heteroatoms. The smallest absolute Gasteiger partial charge is 0.164 e. The zero-order valence-electron chi connectivity index (χ0n) is 30.3. The Labute approximate surface area is 322 Å². The first kappa shape index (κ1) is 32.7. The van der Waals surface area contributed by atoms with Crippen LogP contribution in [0.4, 0.5) is 0 Å². The van der Waals surface area contributed by atoms with Crippen LogP contribution in [0.1, 0.15) is 35.1 Å². The summed E-state index contributed by atoms with van der Waals surface area (Å²) in [5.74, 6) is 1.97. The van der Waals surface area contributed by atoms with E-state index in [-0.39, 0.29) is 5.41 Å². The second-order valence-electron chi connectivity index (χ2n) is 14.3. The molecule has 0 amide bonds. The zero-order chi connectivity index (χ0) is 36.6. The Balaban J connectivity index is 1.02. The number of allylic oxidation sites excluding steroid dienone is 4. The van der Waals surface area contributed by atoms with Crippen LogP contribution in [0.5, 0.6) is 0 Å². The van der Waals surface area contributed by atoms with Gasteiger partial charge in [0.1, 0.15) is 0 Å². The molecule has 2 aliphatic rings. The Bertz CT molecular complexity index is 2620. The lowest BCUT2D eigenvalue weighted by Gasteiger charge is -2.36. The number of fused-ring (bicyclic) bond motifs is 2. The van der Waals surface area contributed by atoms with Crippen molar-refractivity contribution >= 4 is 5.57 Å². The number of nitrogens with zero attached hydrogens (tertiary/aromatic N) is 3. The van der Waals surface area contributed by atoms with Crippen molar-refractivity contribution in [2.75, 3.05) is 0 Å². The van der Waals surface area contributed by atoms with Crippen molar-refractivity contribution in [1.29, 1.82) is 0 Å². The molecular formula is C52H37N3. The van der Waals surface area contributed by atoms with Gasteiger partial charge in [0.2, 0.25) is 0 Å². The average Bonchev–Trinajstić information content (AvgIpc) is 3.58. The van der Waals surface area contributed by atoms with Gasteiger partial charge in [-0.2, -0.15) is 0 Å². The maximum absolute atomic E-state index is 4.93. The van der Waals surface area contributed by atoms with Crippen LogP contribution in [0.15, 0.2) is 206 Å². The van der Waals surface area contributed by atoms with Crippen LogP contribution in [0.25, 0.3) is 62.0 Å². The molecule has 0 radical (unpaired) electrons. The number of rotatable bonds is 7. The van der Waals surface area contributed by atoms with Gasteiger partial charge in [-0.25, -0.2) is 15.0 Å². The maximum Gasteiger partial charge on any atom is 0.164 e. The van der Waals surface area contributed by atoms with Crippen molar-refractivity contribution in [3.8, 4) is 56.4 Å². The molecule has 2 aliphatic carbocycles. The Hall–Kier alpha value is -6.97. The molecule has 0 bridgehead atoms. The molecule has 10 rings (SSSR count). The molecule has 1 aromatic heterocycles. The Morgan fingerprint density at radius 3 is 1.38 bits per heavy atom. The van der Waals surface area contributed by atoms with E-state index >= 15 is 0 Å². The fraction of sp³-hybridized carbons (Fsp3) is 0.0577. The monoisotopic (exact) mass is 703 g/mol. The molecular weight excluding hydrogens is 667 g/mol.